The number of hydrogen-bond donors (Lipinski definition) is 4. The number of nitro groups is 1. The maximum absolute atomic E-state index is 11.9. The zero-order chi connectivity index (χ0) is 31.3. The first kappa shape index (κ1) is 35.0. The number of carboxylic acids is 4. The summed E-state index contributed by atoms with van der Waals surface area (Å²) in [6.07, 6.45) is 0. The van der Waals surface area contributed by atoms with Crippen LogP contribution in [0.2, 0.25) is 0 Å². The van der Waals surface area contributed by atoms with Crippen LogP contribution in [0.25, 0.3) is 0 Å². The highest BCUT2D eigenvalue weighted by molar-refractivity contribution is 5.76. The Hall–Kier alpha value is -4.06. The van der Waals surface area contributed by atoms with Crippen molar-refractivity contribution in [1.29, 1.82) is 0 Å². The van der Waals surface area contributed by atoms with Gasteiger partial charge in [-0.15, -0.1) is 0 Å². The van der Waals surface area contributed by atoms with Crippen LogP contribution in [0.5, 0.6) is 11.5 Å². The van der Waals surface area contributed by atoms with Gasteiger partial charge in [-0.25, -0.2) is 0 Å². The molecule has 0 heterocycles. The minimum Gasteiger partial charge on any atom is -0.493 e. The van der Waals surface area contributed by atoms with E-state index < -0.39 is 65.7 Å². The second kappa shape index (κ2) is 16.9. The monoisotopic (exact) mass is 589 g/mol. The molecule has 3 unspecified atom stereocenters. The van der Waals surface area contributed by atoms with E-state index in [1.807, 2.05) is 0 Å². The normalized spacial score (nSPS) is 13.4. The molecule has 0 saturated heterocycles. The lowest BCUT2D eigenvalue weighted by Crippen LogP contribution is -2.46. The minimum atomic E-state index is -1.39. The Bertz CT molecular complexity index is 1080. The van der Waals surface area contributed by atoms with Gasteiger partial charge in [0.05, 0.1) is 76.3 Å². The van der Waals surface area contributed by atoms with E-state index in [1.165, 1.54) is 39.0 Å². The molecule has 230 valence electrons. The van der Waals surface area contributed by atoms with Gasteiger partial charge in [-0.1, -0.05) is 0 Å². The Morgan fingerprint density at radius 2 is 1.39 bits per heavy atom. The van der Waals surface area contributed by atoms with Crippen molar-refractivity contribution in [3.05, 3.63) is 27.8 Å². The maximum atomic E-state index is 11.9. The Morgan fingerprint density at radius 1 is 0.854 bits per heavy atom. The molecule has 17 nitrogen and oxygen atoms in total. The molecule has 3 atom stereocenters. The zero-order valence-electron chi connectivity index (χ0n) is 23.0. The van der Waals surface area contributed by atoms with Crippen molar-refractivity contribution >= 4 is 29.6 Å². The maximum Gasteiger partial charge on any atom is 0.320 e. The fourth-order valence-corrected chi connectivity index (χ4v) is 3.82. The number of nitro benzene ring substituents is 1. The summed E-state index contributed by atoms with van der Waals surface area (Å²) in [5, 5.41) is 49.1. The highest BCUT2D eigenvalue weighted by Crippen LogP contribution is 2.39. The van der Waals surface area contributed by atoms with Gasteiger partial charge in [-0.3, -0.25) is 39.1 Å². The number of ether oxygens (including phenoxy) is 4. The topological polar surface area (TPSA) is 236 Å². The molecule has 0 radical (unpaired) electrons. The number of carboxylic acid groups (broad SMARTS) is 4. The van der Waals surface area contributed by atoms with Crippen molar-refractivity contribution in [1.82, 2.24) is 9.80 Å². The van der Waals surface area contributed by atoms with Crippen LogP contribution in [0.3, 0.4) is 0 Å². The van der Waals surface area contributed by atoms with Crippen LogP contribution < -0.4 is 9.47 Å². The smallest absolute Gasteiger partial charge is 0.320 e. The molecular formula is C24H35N3O14. The molecule has 0 saturated carbocycles. The second-order valence-corrected chi connectivity index (χ2v) is 8.68. The van der Waals surface area contributed by atoms with E-state index in [9.17, 15) is 39.5 Å². The van der Waals surface area contributed by atoms with Crippen molar-refractivity contribution in [2.75, 3.05) is 60.3 Å². The van der Waals surface area contributed by atoms with Crippen molar-refractivity contribution in [3.63, 3.8) is 0 Å². The van der Waals surface area contributed by atoms with Crippen LogP contribution in [0.15, 0.2) is 12.1 Å². The number of rotatable bonds is 21. The van der Waals surface area contributed by atoms with E-state index in [0.717, 1.165) is 11.0 Å². The summed E-state index contributed by atoms with van der Waals surface area (Å²) >= 11 is 0. The summed E-state index contributed by atoms with van der Waals surface area (Å²) in [6.45, 7) is 0.654. The fraction of sp³-hybridized carbons (Fsp3) is 0.583. The van der Waals surface area contributed by atoms with Crippen molar-refractivity contribution in [2.45, 2.75) is 32.0 Å². The standard InChI is InChI=1S/C24H35N3O14/c1-14(23(32)33)25(11-21(28)29)5-6-40-7-8-41-13-18(26(12-22(30)31)15(2)24(34)35)16-9-19(38-3)20(39-4)10-17(16)27(36)37/h9-10,14-15,18H,5-8,11-13H2,1-4H3,(H,28,29)(H,30,31)(H,32,33)(H,34,35). The Labute approximate surface area is 234 Å². The third-order valence-corrected chi connectivity index (χ3v) is 6.08. The summed E-state index contributed by atoms with van der Waals surface area (Å²) in [5.74, 6) is -5.05. The fourth-order valence-electron chi connectivity index (χ4n) is 3.82. The number of carbonyl (C=O) groups is 4. The summed E-state index contributed by atoms with van der Waals surface area (Å²) in [5.41, 5.74) is -0.554. The summed E-state index contributed by atoms with van der Waals surface area (Å²) in [4.78, 5) is 59.1. The van der Waals surface area contributed by atoms with Crippen LogP contribution in [0, 0.1) is 10.1 Å². The van der Waals surface area contributed by atoms with E-state index in [-0.39, 0.29) is 50.0 Å². The molecular weight excluding hydrogens is 554 g/mol. The molecule has 0 bridgehead atoms. The number of hydrogen-bond acceptors (Lipinski definition) is 12. The van der Waals surface area contributed by atoms with E-state index >= 15 is 0 Å². The predicted octanol–water partition coefficient (Wildman–Crippen LogP) is 0.406. The highest BCUT2D eigenvalue weighted by atomic mass is 16.6. The Kier molecular flexibility index (Phi) is 14.4. The average Bonchev–Trinajstić information content (AvgIpc) is 2.90. The molecule has 4 N–H and O–H groups in total. The first-order valence-electron chi connectivity index (χ1n) is 12.2. The number of aliphatic carboxylic acids is 4. The van der Waals surface area contributed by atoms with Gasteiger partial charge < -0.3 is 39.4 Å². The third-order valence-electron chi connectivity index (χ3n) is 6.08. The SMILES string of the molecule is COc1cc(C(COCCOCCN(CC(=O)O)C(C)C(=O)O)N(CC(=O)O)C(C)C(=O)O)c([N+](=O)[O-])cc1OC. The van der Waals surface area contributed by atoms with E-state index in [0.29, 0.717) is 0 Å². The van der Waals surface area contributed by atoms with Crippen LogP contribution in [0.1, 0.15) is 25.5 Å². The second-order valence-electron chi connectivity index (χ2n) is 8.68. The van der Waals surface area contributed by atoms with Crippen LogP contribution in [-0.2, 0) is 28.7 Å². The third kappa shape index (κ3) is 10.8. The lowest BCUT2D eigenvalue weighted by molar-refractivity contribution is -0.386. The molecule has 1 aromatic rings. The predicted molar refractivity (Wildman–Crippen MR) is 138 cm³/mol. The number of nitrogens with zero attached hydrogens (tertiary/aromatic N) is 3. The van der Waals surface area contributed by atoms with Crippen LogP contribution in [-0.4, -0.2) is 131 Å². The molecule has 0 aromatic heterocycles. The van der Waals surface area contributed by atoms with Crippen LogP contribution in [0.4, 0.5) is 5.69 Å². The quantitative estimate of drug-likeness (QED) is 0.0862. The number of benzene rings is 1. The lowest BCUT2D eigenvalue weighted by Gasteiger charge is -2.33. The van der Waals surface area contributed by atoms with Gasteiger partial charge in [0.2, 0.25) is 0 Å². The number of methoxy groups -OCH3 is 2. The van der Waals surface area contributed by atoms with Gasteiger partial charge in [0.25, 0.3) is 5.69 Å². The summed E-state index contributed by atoms with van der Waals surface area (Å²) in [7, 11) is 2.56. The molecule has 0 spiro atoms. The molecule has 17 heteroatoms. The summed E-state index contributed by atoms with van der Waals surface area (Å²) in [6, 6.07) is -1.36. The van der Waals surface area contributed by atoms with E-state index in [4.69, 9.17) is 29.2 Å². The molecule has 41 heavy (non-hydrogen) atoms. The first-order chi connectivity index (χ1) is 19.2. The summed E-state index contributed by atoms with van der Waals surface area (Å²) < 4.78 is 21.4. The molecule has 1 aromatic carbocycles. The van der Waals surface area contributed by atoms with Crippen LogP contribution >= 0.6 is 0 Å². The zero-order valence-corrected chi connectivity index (χ0v) is 23.0. The van der Waals surface area contributed by atoms with E-state index in [1.54, 1.807) is 0 Å². The molecule has 0 fully saturated rings. The molecule has 1 rings (SSSR count). The molecule has 0 aliphatic rings. The van der Waals surface area contributed by atoms with Crippen molar-refractivity contribution in [3.8, 4) is 11.5 Å². The van der Waals surface area contributed by atoms with Gasteiger partial charge in [-0.05, 0) is 19.9 Å². The average molecular weight is 590 g/mol. The Morgan fingerprint density at radius 3 is 1.88 bits per heavy atom. The van der Waals surface area contributed by atoms with Gasteiger partial charge in [0, 0.05) is 6.54 Å². The van der Waals surface area contributed by atoms with E-state index in [2.05, 4.69) is 0 Å². The highest BCUT2D eigenvalue weighted by Gasteiger charge is 2.36. The van der Waals surface area contributed by atoms with Crippen molar-refractivity contribution < 1.29 is 63.5 Å². The molecule has 0 aliphatic carbocycles. The Balaban J connectivity index is 3.14. The van der Waals surface area contributed by atoms with Crippen molar-refractivity contribution in [2.24, 2.45) is 0 Å². The minimum absolute atomic E-state index is 0.0112. The largest absolute Gasteiger partial charge is 0.493 e. The lowest BCUT2D eigenvalue weighted by atomic mass is 10.0. The molecule has 0 amide bonds. The van der Waals surface area contributed by atoms with Gasteiger partial charge in [-0.2, -0.15) is 0 Å². The van der Waals surface area contributed by atoms with Gasteiger partial charge in [0.1, 0.15) is 12.1 Å². The van der Waals surface area contributed by atoms with Gasteiger partial charge in [0.15, 0.2) is 11.5 Å². The van der Waals surface area contributed by atoms with Gasteiger partial charge >= 0.3 is 23.9 Å². The molecule has 0 aliphatic heterocycles. The first-order valence-corrected chi connectivity index (χ1v) is 12.2.